The number of hydrogen-bond donors (Lipinski definition) is 2. The Morgan fingerprint density at radius 2 is 2.20 bits per heavy atom. The van der Waals surface area contributed by atoms with Crippen molar-refractivity contribution < 1.29 is 14.6 Å². The second kappa shape index (κ2) is 5.77. The number of rotatable bonds is 3. The molecule has 0 aromatic heterocycles. The van der Waals surface area contributed by atoms with Crippen molar-refractivity contribution in [1.82, 2.24) is 5.32 Å². The maximum atomic E-state index is 12.4. The van der Waals surface area contributed by atoms with Gasteiger partial charge in [-0.25, -0.2) is 0 Å². The summed E-state index contributed by atoms with van der Waals surface area (Å²) in [6.45, 7) is 0.709. The van der Waals surface area contributed by atoms with Crippen LogP contribution in [0.15, 0.2) is 36.4 Å². The van der Waals surface area contributed by atoms with Crippen LogP contribution in [0.25, 0.3) is 0 Å². The first-order valence-electron chi connectivity index (χ1n) is 7.07. The molecule has 1 aromatic rings. The largest absolute Gasteiger partial charge is 0.396 e. The van der Waals surface area contributed by atoms with Crippen LogP contribution in [-0.2, 0) is 16.0 Å². The summed E-state index contributed by atoms with van der Waals surface area (Å²) < 4.78 is 5.64. The second-order valence-corrected chi connectivity index (χ2v) is 5.38. The normalized spacial score (nSPS) is 28.1. The Bertz CT molecular complexity index is 526. The fourth-order valence-electron chi connectivity index (χ4n) is 2.89. The highest BCUT2D eigenvalue weighted by Crippen LogP contribution is 2.27. The van der Waals surface area contributed by atoms with E-state index in [1.807, 2.05) is 30.4 Å². The molecule has 0 radical (unpaired) electrons. The van der Waals surface area contributed by atoms with Crippen LogP contribution in [0.3, 0.4) is 0 Å². The predicted octanol–water partition coefficient (Wildman–Crippen LogP) is 1.35. The number of carbonyl (C=O) groups excluding carboxylic acids is 1. The molecule has 1 unspecified atom stereocenters. The van der Waals surface area contributed by atoms with Crippen LogP contribution < -0.4 is 5.32 Å². The van der Waals surface area contributed by atoms with Crippen molar-refractivity contribution >= 4 is 5.91 Å². The molecule has 1 aromatic carbocycles. The van der Waals surface area contributed by atoms with Crippen molar-refractivity contribution in [3.05, 3.63) is 47.5 Å². The monoisotopic (exact) mass is 273 g/mol. The standard InChI is InChI=1S/C16H19NO3/c18-10-11-5-6-13(9-11)17-16(19)15-14-4-2-1-3-12(14)7-8-20-15/h1-6,11,13,15,18H,7-10H2,(H,17,19)/t11-,13+,15?/m0/s1. The molecule has 20 heavy (non-hydrogen) atoms. The fourth-order valence-corrected chi connectivity index (χ4v) is 2.89. The summed E-state index contributed by atoms with van der Waals surface area (Å²) in [7, 11) is 0. The van der Waals surface area contributed by atoms with Crippen molar-refractivity contribution in [2.75, 3.05) is 13.2 Å². The Kier molecular flexibility index (Phi) is 3.85. The average molecular weight is 273 g/mol. The molecule has 4 nitrogen and oxygen atoms in total. The van der Waals surface area contributed by atoms with Gasteiger partial charge in [0.15, 0.2) is 6.10 Å². The van der Waals surface area contributed by atoms with Gasteiger partial charge >= 0.3 is 0 Å². The van der Waals surface area contributed by atoms with Crippen LogP contribution in [0.1, 0.15) is 23.7 Å². The molecule has 106 valence electrons. The molecule has 1 amide bonds. The van der Waals surface area contributed by atoms with E-state index in [9.17, 15) is 4.79 Å². The molecule has 0 saturated heterocycles. The predicted molar refractivity (Wildman–Crippen MR) is 75.1 cm³/mol. The first-order valence-corrected chi connectivity index (χ1v) is 7.07. The Morgan fingerprint density at radius 1 is 1.35 bits per heavy atom. The van der Waals surface area contributed by atoms with Crippen LogP contribution in [0, 0.1) is 5.92 Å². The smallest absolute Gasteiger partial charge is 0.254 e. The van der Waals surface area contributed by atoms with E-state index in [4.69, 9.17) is 9.84 Å². The van der Waals surface area contributed by atoms with Gasteiger partial charge in [0.1, 0.15) is 0 Å². The number of fused-ring (bicyclic) bond motifs is 1. The highest BCUT2D eigenvalue weighted by molar-refractivity contribution is 5.83. The highest BCUT2D eigenvalue weighted by Gasteiger charge is 2.29. The Balaban J connectivity index is 1.68. The van der Waals surface area contributed by atoms with E-state index >= 15 is 0 Å². The average Bonchev–Trinajstić information content (AvgIpc) is 2.94. The number of hydrogen-bond acceptors (Lipinski definition) is 3. The topological polar surface area (TPSA) is 58.6 Å². The molecule has 4 heteroatoms. The number of carbonyl (C=O) groups is 1. The van der Waals surface area contributed by atoms with E-state index in [-0.39, 0.29) is 24.5 Å². The molecule has 0 bridgehead atoms. The number of ether oxygens (including phenoxy) is 1. The van der Waals surface area contributed by atoms with E-state index < -0.39 is 6.10 Å². The third-order valence-electron chi connectivity index (χ3n) is 3.97. The molecule has 3 rings (SSSR count). The summed E-state index contributed by atoms with van der Waals surface area (Å²) in [5, 5.41) is 12.1. The van der Waals surface area contributed by atoms with E-state index in [1.165, 1.54) is 5.56 Å². The number of aliphatic hydroxyl groups excluding tert-OH is 1. The SMILES string of the molecule is O=C(N[C@@H]1C=C[C@H](CO)C1)C1OCCc2ccccc21. The zero-order valence-electron chi connectivity index (χ0n) is 11.3. The van der Waals surface area contributed by atoms with Crippen LogP contribution in [0.4, 0.5) is 0 Å². The minimum Gasteiger partial charge on any atom is -0.396 e. The van der Waals surface area contributed by atoms with Crippen molar-refractivity contribution in [1.29, 1.82) is 0 Å². The molecular formula is C16H19NO3. The number of aliphatic hydroxyl groups is 1. The van der Waals surface area contributed by atoms with Crippen molar-refractivity contribution in [3.8, 4) is 0 Å². The van der Waals surface area contributed by atoms with Crippen LogP contribution in [-0.4, -0.2) is 30.3 Å². The van der Waals surface area contributed by atoms with E-state index in [1.54, 1.807) is 0 Å². The Labute approximate surface area is 118 Å². The van der Waals surface area contributed by atoms with Gasteiger partial charge in [-0.05, 0) is 24.0 Å². The third kappa shape index (κ3) is 2.62. The highest BCUT2D eigenvalue weighted by atomic mass is 16.5. The van der Waals surface area contributed by atoms with Crippen molar-refractivity contribution in [2.24, 2.45) is 5.92 Å². The van der Waals surface area contributed by atoms with Gasteiger partial charge < -0.3 is 15.2 Å². The summed E-state index contributed by atoms with van der Waals surface area (Å²) in [6.07, 6.45) is 5.02. The molecule has 0 fully saturated rings. The molecule has 1 aliphatic carbocycles. The molecule has 0 saturated carbocycles. The van der Waals surface area contributed by atoms with Gasteiger partial charge in [0.05, 0.1) is 6.61 Å². The first kappa shape index (κ1) is 13.3. The van der Waals surface area contributed by atoms with E-state index in [0.717, 1.165) is 18.4 Å². The second-order valence-electron chi connectivity index (χ2n) is 5.38. The number of amides is 1. The van der Waals surface area contributed by atoms with E-state index in [0.29, 0.717) is 6.61 Å². The minimum atomic E-state index is -0.512. The lowest BCUT2D eigenvalue weighted by atomic mass is 9.97. The maximum absolute atomic E-state index is 12.4. The third-order valence-corrected chi connectivity index (χ3v) is 3.97. The van der Waals surface area contributed by atoms with Gasteiger partial charge in [0.2, 0.25) is 0 Å². The van der Waals surface area contributed by atoms with Gasteiger partial charge in [-0.2, -0.15) is 0 Å². The first-order chi connectivity index (χ1) is 9.78. The van der Waals surface area contributed by atoms with Gasteiger partial charge in [-0.15, -0.1) is 0 Å². The molecule has 0 spiro atoms. The lowest BCUT2D eigenvalue weighted by molar-refractivity contribution is -0.134. The van der Waals surface area contributed by atoms with Gasteiger partial charge in [-0.1, -0.05) is 36.4 Å². The summed E-state index contributed by atoms with van der Waals surface area (Å²) in [4.78, 5) is 12.4. The molecule has 1 heterocycles. The van der Waals surface area contributed by atoms with Crippen LogP contribution >= 0.6 is 0 Å². The minimum absolute atomic E-state index is 0.00246. The molecule has 2 aliphatic rings. The molecule has 2 N–H and O–H groups in total. The molecular weight excluding hydrogens is 254 g/mol. The van der Waals surface area contributed by atoms with E-state index in [2.05, 4.69) is 11.4 Å². The van der Waals surface area contributed by atoms with Crippen molar-refractivity contribution in [3.63, 3.8) is 0 Å². The zero-order valence-corrected chi connectivity index (χ0v) is 11.3. The Morgan fingerprint density at radius 3 is 3.00 bits per heavy atom. The number of nitrogens with one attached hydrogen (secondary N) is 1. The van der Waals surface area contributed by atoms with Gasteiger partial charge in [0.25, 0.3) is 5.91 Å². The molecule has 3 atom stereocenters. The zero-order chi connectivity index (χ0) is 13.9. The van der Waals surface area contributed by atoms with Gasteiger partial charge in [-0.3, -0.25) is 4.79 Å². The summed E-state index contributed by atoms with van der Waals surface area (Å²) in [5.41, 5.74) is 2.16. The fraction of sp³-hybridized carbons (Fsp3) is 0.438. The molecule has 1 aliphatic heterocycles. The van der Waals surface area contributed by atoms with Crippen molar-refractivity contribution in [2.45, 2.75) is 25.0 Å². The summed E-state index contributed by atoms with van der Waals surface area (Å²) >= 11 is 0. The van der Waals surface area contributed by atoms with Gasteiger partial charge in [0, 0.05) is 18.6 Å². The quantitative estimate of drug-likeness (QED) is 0.817. The lowest BCUT2D eigenvalue weighted by Crippen LogP contribution is -2.39. The summed E-state index contributed by atoms with van der Waals surface area (Å²) in [6, 6.07) is 7.93. The summed E-state index contributed by atoms with van der Waals surface area (Å²) in [5.74, 6) is 0.0604. The van der Waals surface area contributed by atoms with Crippen LogP contribution in [0.2, 0.25) is 0 Å². The maximum Gasteiger partial charge on any atom is 0.254 e. The van der Waals surface area contributed by atoms with Crippen LogP contribution in [0.5, 0.6) is 0 Å². The number of benzene rings is 1. The lowest BCUT2D eigenvalue weighted by Gasteiger charge is -2.26. The Hall–Kier alpha value is -1.65.